The number of carbonyl (C=O) groups excluding carboxylic acids is 2. The molecule has 0 spiro atoms. The van der Waals surface area contributed by atoms with E-state index in [9.17, 15) is 9.59 Å². The number of hydrogen-bond donors (Lipinski definition) is 0. The summed E-state index contributed by atoms with van der Waals surface area (Å²) in [6.07, 6.45) is 1.37. The van der Waals surface area contributed by atoms with Crippen molar-refractivity contribution in [3.8, 4) is 0 Å². The van der Waals surface area contributed by atoms with Gasteiger partial charge in [0, 0.05) is 50.4 Å². The first-order valence-electron chi connectivity index (χ1n) is 12.1. The number of hydrogen-bond acceptors (Lipinski definition) is 6. The number of amides is 2. The van der Waals surface area contributed by atoms with Crippen molar-refractivity contribution < 1.29 is 14.1 Å². The van der Waals surface area contributed by atoms with E-state index in [0.717, 1.165) is 36.3 Å². The summed E-state index contributed by atoms with van der Waals surface area (Å²) in [7, 11) is 5.98. The van der Waals surface area contributed by atoms with Crippen LogP contribution in [-0.2, 0) is 17.9 Å². The Labute approximate surface area is 203 Å². The number of benzene rings is 1. The summed E-state index contributed by atoms with van der Waals surface area (Å²) in [4.78, 5) is 34.9. The minimum atomic E-state index is -0.142. The van der Waals surface area contributed by atoms with Crippen molar-refractivity contribution in [3.63, 3.8) is 0 Å². The van der Waals surface area contributed by atoms with Crippen molar-refractivity contribution in [1.82, 2.24) is 19.9 Å². The van der Waals surface area contributed by atoms with Crippen LogP contribution in [0.15, 0.2) is 28.8 Å². The molecule has 0 aliphatic carbocycles. The van der Waals surface area contributed by atoms with Crippen LogP contribution < -0.4 is 4.90 Å². The van der Waals surface area contributed by atoms with Crippen LogP contribution >= 0.6 is 0 Å². The van der Waals surface area contributed by atoms with Crippen molar-refractivity contribution in [2.75, 3.05) is 52.2 Å². The minimum Gasteiger partial charge on any atom is -0.361 e. The number of aromatic nitrogens is 1. The van der Waals surface area contributed by atoms with Crippen LogP contribution in [0.25, 0.3) is 0 Å². The smallest absolute Gasteiger partial charge is 0.276 e. The number of anilines is 1. The number of aryl methyl sites for hydroxylation is 1. The lowest BCUT2D eigenvalue weighted by Gasteiger charge is -2.28. The Morgan fingerprint density at radius 3 is 2.56 bits per heavy atom. The molecule has 0 atom stereocenters. The molecule has 1 aromatic carbocycles. The lowest BCUT2D eigenvalue weighted by molar-refractivity contribution is -0.119. The van der Waals surface area contributed by atoms with E-state index in [2.05, 4.69) is 31.0 Å². The molecule has 8 nitrogen and oxygen atoms in total. The third-order valence-electron chi connectivity index (χ3n) is 6.15. The summed E-state index contributed by atoms with van der Waals surface area (Å²) < 4.78 is 5.42. The average Bonchev–Trinajstić information content (AvgIpc) is 3.11. The lowest BCUT2D eigenvalue weighted by atomic mass is 10.1. The fourth-order valence-electron chi connectivity index (χ4n) is 4.32. The Morgan fingerprint density at radius 1 is 1.12 bits per heavy atom. The molecule has 34 heavy (non-hydrogen) atoms. The van der Waals surface area contributed by atoms with E-state index in [1.807, 2.05) is 60.0 Å². The molecular formula is C26H39N5O3. The predicted molar refractivity (Wildman–Crippen MR) is 134 cm³/mol. The van der Waals surface area contributed by atoms with E-state index < -0.39 is 0 Å². The van der Waals surface area contributed by atoms with E-state index in [1.54, 1.807) is 0 Å². The topological polar surface area (TPSA) is 73.1 Å². The SMILES string of the molecule is Cc1onc(C(=O)N2CCN(C)CCCN(C(=O)CC(C)C)c3ccccc3C2)c1CN(C)C. The Balaban J connectivity index is 1.98. The standard InChI is InChI=1S/C26H39N5O3/c1-19(2)16-24(32)31-13-9-12-29(6)14-15-30(17-21-10-7-8-11-23(21)31)26(33)25-22(18-28(4)5)20(3)34-27-25/h7-8,10-11,19H,9,12-18H2,1-6H3. The second-order valence-corrected chi connectivity index (χ2v) is 9.96. The highest BCUT2D eigenvalue weighted by atomic mass is 16.5. The van der Waals surface area contributed by atoms with Crippen molar-refractivity contribution in [1.29, 1.82) is 0 Å². The Morgan fingerprint density at radius 2 is 1.85 bits per heavy atom. The first-order valence-corrected chi connectivity index (χ1v) is 12.1. The van der Waals surface area contributed by atoms with Gasteiger partial charge in [-0.15, -0.1) is 0 Å². The fraction of sp³-hybridized carbons (Fsp3) is 0.577. The molecule has 2 aromatic rings. The molecule has 0 N–H and O–H groups in total. The van der Waals surface area contributed by atoms with Crippen LogP contribution in [0.3, 0.4) is 0 Å². The van der Waals surface area contributed by atoms with Gasteiger partial charge < -0.3 is 24.1 Å². The third kappa shape index (κ3) is 6.45. The van der Waals surface area contributed by atoms with Crippen molar-refractivity contribution in [2.24, 2.45) is 5.92 Å². The summed E-state index contributed by atoms with van der Waals surface area (Å²) in [5.41, 5.74) is 3.04. The van der Waals surface area contributed by atoms with Crippen LogP contribution in [0.1, 0.15) is 54.1 Å². The van der Waals surface area contributed by atoms with Gasteiger partial charge in [0.2, 0.25) is 5.91 Å². The quantitative estimate of drug-likeness (QED) is 0.668. The average molecular weight is 470 g/mol. The molecule has 0 saturated heterocycles. The van der Waals surface area contributed by atoms with Gasteiger partial charge in [0.05, 0.1) is 0 Å². The van der Waals surface area contributed by atoms with E-state index in [0.29, 0.717) is 44.1 Å². The number of carbonyl (C=O) groups is 2. The molecule has 0 unspecified atom stereocenters. The highest BCUT2D eigenvalue weighted by Gasteiger charge is 2.28. The summed E-state index contributed by atoms with van der Waals surface area (Å²) in [6, 6.07) is 7.94. The van der Waals surface area contributed by atoms with Crippen molar-refractivity contribution >= 4 is 17.5 Å². The molecule has 2 amide bonds. The molecule has 0 saturated carbocycles. The summed E-state index contributed by atoms with van der Waals surface area (Å²) in [5.74, 6) is 0.931. The maximum atomic E-state index is 13.7. The van der Waals surface area contributed by atoms with E-state index >= 15 is 0 Å². The minimum absolute atomic E-state index is 0.127. The van der Waals surface area contributed by atoms with Gasteiger partial charge >= 0.3 is 0 Å². The van der Waals surface area contributed by atoms with Crippen LogP contribution in [-0.4, -0.2) is 79.0 Å². The zero-order valence-corrected chi connectivity index (χ0v) is 21.5. The fourth-order valence-corrected chi connectivity index (χ4v) is 4.32. The zero-order chi connectivity index (χ0) is 24.8. The maximum Gasteiger partial charge on any atom is 0.276 e. The van der Waals surface area contributed by atoms with Crippen LogP contribution in [0.5, 0.6) is 0 Å². The summed E-state index contributed by atoms with van der Waals surface area (Å²) >= 11 is 0. The molecule has 3 rings (SSSR count). The number of likely N-dealkylation sites (N-methyl/N-ethyl adjacent to an activating group) is 1. The van der Waals surface area contributed by atoms with Crippen molar-refractivity contribution in [3.05, 3.63) is 46.8 Å². The highest BCUT2D eigenvalue weighted by Crippen LogP contribution is 2.26. The second kappa shape index (κ2) is 11.6. The largest absolute Gasteiger partial charge is 0.361 e. The van der Waals surface area contributed by atoms with E-state index in [-0.39, 0.29) is 17.7 Å². The second-order valence-electron chi connectivity index (χ2n) is 9.96. The molecule has 186 valence electrons. The third-order valence-corrected chi connectivity index (χ3v) is 6.15. The molecular weight excluding hydrogens is 430 g/mol. The van der Waals surface area contributed by atoms with Gasteiger partial charge in [0.25, 0.3) is 5.91 Å². The summed E-state index contributed by atoms with van der Waals surface area (Å²) in [5, 5.41) is 4.14. The van der Waals surface area contributed by atoms with Gasteiger partial charge in [-0.1, -0.05) is 37.2 Å². The molecule has 8 heteroatoms. The van der Waals surface area contributed by atoms with E-state index in [1.165, 1.54) is 0 Å². The number of nitrogens with zero attached hydrogens (tertiary/aromatic N) is 5. The Hall–Kier alpha value is -2.71. The highest BCUT2D eigenvalue weighted by molar-refractivity contribution is 5.95. The zero-order valence-electron chi connectivity index (χ0n) is 21.5. The number of fused-ring (bicyclic) bond motifs is 1. The van der Waals surface area contributed by atoms with Gasteiger partial charge in [0.1, 0.15) is 5.76 Å². The molecule has 1 aromatic heterocycles. The molecule has 0 radical (unpaired) electrons. The molecule has 1 aliphatic heterocycles. The van der Waals surface area contributed by atoms with Crippen LogP contribution in [0.4, 0.5) is 5.69 Å². The molecule has 0 fully saturated rings. The van der Waals surface area contributed by atoms with Crippen molar-refractivity contribution in [2.45, 2.75) is 46.7 Å². The van der Waals surface area contributed by atoms with Crippen LogP contribution in [0, 0.1) is 12.8 Å². The number of para-hydroxylation sites is 1. The number of rotatable bonds is 5. The van der Waals surface area contributed by atoms with Gasteiger partial charge in [-0.25, -0.2) is 0 Å². The monoisotopic (exact) mass is 469 g/mol. The Bertz CT molecular complexity index is 985. The molecule has 0 bridgehead atoms. The summed E-state index contributed by atoms with van der Waals surface area (Å²) in [6.45, 7) is 9.78. The maximum absolute atomic E-state index is 13.7. The normalized spacial score (nSPS) is 16.0. The van der Waals surface area contributed by atoms with Crippen LogP contribution in [0.2, 0.25) is 0 Å². The lowest BCUT2D eigenvalue weighted by Crippen LogP contribution is -2.38. The Kier molecular flexibility index (Phi) is 8.85. The molecule has 1 aliphatic rings. The van der Waals surface area contributed by atoms with E-state index in [4.69, 9.17) is 4.52 Å². The van der Waals surface area contributed by atoms with Gasteiger partial charge in [0.15, 0.2) is 5.69 Å². The molecule has 2 heterocycles. The first kappa shape index (κ1) is 25.9. The first-order chi connectivity index (χ1) is 16.2. The predicted octanol–water partition coefficient (Wildman–Crippen LogP) is 3.40. The van der Waals surface area contributed by atoms with Gasteiger partial charge in [-0.3, -0.25) is 9.59 Å². The van der Waals surface area contributed by atoms with Gasteiger partial charge in [-0.05, 0) is 58.6 Å². The van der Waals surface area contributed by atoms with Gasteiger partial charge in [-0.2, -0.15) is 0 Å².